The zero-order valence-corrected chi connectivity index (χ0v) is 9.85. The summed E-state index contributed by atoms with van der Waals surface area (Å²) in [6, 6.07) is 8.00. The monoisotopic (exact) mass is 238 g/mol. The fourth-order valence-electron chi connectivity index (χ4n) is 1.53. The molecule has 4 heteroatoms. The minimum atomic E-state index is 0.131. The third-order valence-corrected chi connectivity index (χ3v) is 3.43. The Hall–Kier alpha value is -0.900. The molecular weight excluding hydrogens is 228 g/mol. The van der Waals surface area contributed by atoms with E-state index in [2.05, 4.69) is 10.3 Å². The molecule has 1 unspecified atom stereocenters. The summed E-state index contributed by atoms with van der Waals surface area (Å²) in [6.45, 7) is 0. The third kappa shape index (κ3) is 2.20. The minimum Gasteiger partial charge on any atom is -0.309 e. The van der Waals surface area contributed by atoms with E-state index in [1.807, 2.05) is 43.0 Å². The van der Waals surface area contributed by atoms with Gasteiger partial charge in [0.2, 0.25) is 0 Å². The van der Waals surface area contributed by atoms with Gasteiger partial charge >= 0.3 is 0 Å². The SMILES string of the molecule is CNC(c1cncs1)c1ccccc1Cl. The normalized spacial score (nSPS) is 12.7. The number of rotatable bonds is 3. The number of aromatic nitrogens is 1. The first kappa shape index (κ1) is 10.6. The van der Waals surface area contributed by atoms with Crippen LogP contribution < -0.4 is 5.32 Å². The van der Waals surface area contributed by atoms with Crippen molar-refractivity contribution in [2.75, 3.05) is 7.05 Å². The largest absolute Gasteiger partial charge is 0.309 e. The van der Waals surface area contributed by atoms with E-state index in [-0.39, 0.29) is 6.04 Å². The van der Waals surface area contributed by atoms with Gasteiger partial charge in [-0.25, -0.2) is 0 Å². The Kier molecular flexibility index (Phi) is 3.36. The maximum Gasteiger partial charge on any atom is 0.0794 e. The van der Waals surface area contributed by atoms with Crippen molar-refractivity contribution < 1.29 is 0 Å². The van der Waals surface area contributed by atoms with Crippen LogP contribution in [0.3, 0.4) is 0 Å². The van der Waals surface area contributed by atoms with E-state index >= 15 is 0 Å². The lowest BCUT2D eigenvalue weighted by molar-refractivity contribution is 0.702. The molecule has 1 aromatic carbocycles. The van der Waals surface area contributed by atoms with Gasteiger partial charge in [-0.3, -0.25) is 4.98 Å². The van der Waals surface area contributed by atoms with Crippen molar-refractivity contribution in [1.29, 1.82) is 0 Å². The molecule has 0 aliphatic rings. The number of halogens is 1. The molecule has 0 saturated heterocycles. The smallest absolute Gasteiger partial charge is 0.0794 e. The summed E-state index contributed by atoms with van der Waals surface area (Å²) in [5.41, 5.74) is 2.92. The second-order valence-corrected chi connectivity index (χ2v) is 4.47. The van der Waals surface area contributed by atoms with Crippen molar-refractivity contribution >= 4 is 22.9 Å². The van der Waals surface area contributed by atoms with Crippen molar-refractivity contribution in [3.63, 3.8) is 0 Å². The van der Waals surface area contributed by atoms with Crippen LogP contribution in [-0.4, -0.2) is 12.0 Å². The topological polar surface area (TPSA) is 24.9 Å². The third-order valence-electron chi connectivity index (χ3n) is 2.24. The second-order valence-electron chi connectivity index (χ2n) is 3.15. The summed E-state index contributed by atoms with van der Waals surface area (Å²) in [5.74, 6) is 0. The molecule has 2 nitrogen and oxygen atoms in total. The molecule has 0 amide bonds. The molecule has 15 heavy (non-hydrogen) atoms. The highest BCUT2D eigenvalue weighted by Gasteiger charge is 2.15. The van der Waals surface area contributed by atoms with Crippen LogP contribution in [0, 0.1) is 0 Å². The number of hydrogen-bond acceptors (Lipinski definition) is 3. The zero-order chi connectivity index (χ0) is 10.7. The summed E-state index contributed by atoms with van der Waals surface area (Å²) in [7, 11) is 1.92. The predicted octanol–water partition coefficient (Wildman–Crippen LogP) is 3.11. The quantitative estimate of drug-likeness (QED) is 0.889. The number of nitrogens with zero attached hydrogens (tertiary/aromatic N) is 1. The fourth-order valence-corrected chi connectivity index (χ4v) is 2.52. The standard InChI is InChI=1S/C11H11ClN2S/c1-13-11(10-6-14-7-15-10)8-4-2-3-5-9(8)12/h2-7,11,13H,1H3. The highest BCUT2D eigenvalue weighted by atomic mass is 35.5. The van der Waals surface area contributed by atoms with Crippen molar-refractivity contribution in [2.45, 2.75) is 6.04 Å². The van der Waals surface area contributed by atoms with E-state index in [0.717, 1.165) is 10.6 Å². The zero-order valence-electron chi connectivity index (χ0n) is 8.27. The van der Waals surface area contributed by atoms with Crippen LogP contribution in [0.25, 0.3) is 0 Å². The Morgan fingerprint density at radius 3 is 2.80 bits per heavy atom. The van der Waals surface area contributed by atoms with Gasteiger partial charge < -0.3 is 5.32 Å². The Morgan fingerprint density at radius 1 is 1.40 bits per heavy atom. The molecule has 0 aliphatic carbocycles. The lowest BCUT2D eigenvalue weighted by Gasteiger charge is -2.15. The highest BCUT2D eigenvalue weighted by Crippen LogP contribution is 2.29. The van der Waals surface area contributed by atoms with Crippen LogP contribution in [0.5, 0.6) is 0 Å². The molecule has 0 spiro atoms. The van der Waals surface area contributed by atoms with E-state index in [9.17, 15) is 0 Å². The van der Waals surface area contributed by atoms with E-state index in [4.69, 9.17) is 11.6 Å². The van der Waals surface area contributed by atoms with E-state index in [0.29, 0.717) is 0 Å². The number of hydrogen-bond donors (Lipinski definition) is 1. The molecule has 1 aromatic heterocycles. The Bertz CT molecular complexity index is 428. The molecule has 0 bridgehead atoms. The van der Waals surface area contributed by atoms with E-state index in [1.54, 1.807) is 11.3 Å². The Morgan fingerprint density at radius 2 is 2.20 bits per heavy atom. The van der Waals surface area contributed by atoms with Gasteiger partial charge in [0.25, 0.3) is 0 Å². The molecule has 1 atom stereocenters. The van der Waals surface area contributed by atoms with Crippen LogP contribution in [0.2, 0.25) is 5.02 Å². The van der Waals surface area contributed by atoms with Crippen molar-refractivity contribution in [2.24, 2.45) is 0 Å². The van der Waals surface area contributed by atoms with E-state index < -0.39 is 0 Å². The van der Waals surface area contributed by atoms with Gasteiger partial charge in [-0.2, -0.15) is 0 Å². The van der Waals surface area contributed by atoms with Gasteiger partial charge in [-0.1, -0.05) is 29.8 Å². The first-order valence-electron chi connectivity index (χ1n) is 4.63. The van der Waals surface area contributed by atoms with E-state index in [1.165, 1.54) is 4.88 Å². The van der Waals surface area contributed by atoms with Crippen LogP contribution in [-0.2, 0) is 0 Å². The van der Waals surface area contributed by atoms with Gasteiger partial charge in [0.1, 0.15) is 0 Å². The first-order chi connectivity index (χ1) is 7.33. The molecule has 2 rings (SSSR count). The first-order valence-corrected chi connectivity index (χ1v) is 5.88. The van der Waals surface area contributed by atoms with Gasteiger partial charge in [-0.05, 0) is 18.7 Å². The molecular formula is C11H11ClN2S. The van der Waals surface area contributed by atoms with Crippen LogP contribution in [0.15, 0.2) is 36.0 Å². The maximum absolute atomic E-state index is 6.16. The fraction of sp³-hybridized carbons (Fsp3) is 0.182. The lowest BCUT2D eigenvalue weighted by atomic mass is 10.1. The minimum absolute atomic E-state index is 0.131. The maximum atomic E-state index is 6.16. The molecule has 0 fully saturated rings. The Labute approximate surface area is 97.9 Å². The summed E-state index contributed by atoms with van der Waals surface area (Å²) in [6.07, 6.45) is 1.87. The van der Waals surface area contributed by atoms with Gasteiger partial charge in [0.05, 0.1) is 11.6 Å². The number of thiazole rings is 1. The molecule has 0 radical (unpaired) electrons. The molecule has 1 N–H and O–H groups in total. The van der Waals surface area contributed by atoms with Crippen molar-refractivity contribution in [1.82, 2.24) is 10.3 Å². The predicted molar refractivity (Wildman–Crippen MR) is 64.5 cm³/mol. The second kappa shape index (κ2) is 4.75. The average molecular weight is 239 g/mol. The van der Waals surface area contributed by atoms with Gasteiger partial charge in [0.15, 0.2) is 0 Å². The molecule has 78 valence electrons. The molecule has 0 aliphatic heterocycles. The van der Waals surface area contributed by atoms with Gasteiger partial charge in [-0.15, -0.1) is 11.3 Å². The van der Waals surface area contributed by atoms with Crippen LogP contribution in [0.1, 0.15) is 16.5 Å². The molecule has 0 saturated carbocycles. The average Bonchev–Trinajstić information content (AvgIpc) is 2.75. The summed E-state index contributed by atoms with van der Waals surface area (Å²) < 4.78 is 0. The summed E-state index contributed by atoms with van der Waals surface area (Å²) in [5, 5.41) is 4.03. The Balaban J connectivity index is 2.40. The lowest BCUT2D eigenvalue weighted by Crippen LogP contribution is -2.16. The van der Waals surface area contributed by atoms with Crippen LogP contribution >= 0.6 is 22.9 Å². The van der Waals surface area contributed by atoms with Crippen molar-refractivity contribution in [3.8, 4) is 0 Å². The highest BCUT2D eigenvalue weighted by molar-refractivity contribution is 7.09. The number of nitrogens with one attached hydrogen (secondary N) is 1. The number of benzene rings is 1. The van der Waals surface area contributed by atoms with Gasteiger partial charge in [0, 0.05) is 16.1 Å². The molecule has 1 heterocycles. The summed E-state index contributed by atoms with van der Waals surface area (Å²) in [4.78, 5) is 5.25. The summed E-state index contributed by atoms with van der Waals surface area (Å²) >= 11 is 7.79. The van der Waals surface area contributed by atoms with Crippen molar-refractivity contribution in [3.05, 3.63) is 51.4 Å². The molecule has 2 aromatic rings. The van der Waals surface area contributed by atoms with Crippen LogP contribution in [0.4, 0.5) is 0 Å².